The summed E-state index contributed by atoms with van der Waals surface area (Å²) in [6, 6.07) is 12.2. The summed E-state index contributed by atoms with van der Waals surface area (Å²) in [4.78, 5) is -0.0471. The average molecular weight is 307 g/mol. The number of fused-ring (bicyclic) bond motifs is 1. The van der Waals surface area contributed by atoms with Gasteiger partial charge in [0.2, 0.25) is 10.0 Å². The Balaban J connectivity index is 2.12. The van der Waals surface area contributed by atoms with Crippen LogP contribution in [0.4, 0.5) is 4.39 Å². The highest BCUT2D eigenvalue weighted by atomic mass is 32.2. The van der Waals surface area contributed by atoms with Crippen molar-refractivity contribution >= 4 is 10.0 Å². The van der Waals surface area contributed by atoms with E-state index in [1.807, 2.05) is 30.3 Å². The number of ether oxygens (including phenoxy) is 1. The molecular weight excluding hydrogens is 293 g/mol. The minimum absolute atomic E-state index is 0.0284. The minimum atomic E-state index is -3.73. The Bertz CT molecular complexity index is 762. The monoisotopic (exact) mass is 307 g/mol. The molecule has 110 valence electrons. The third-order valence-electron chi connectivity index (χ3n) is 3.37. The minimum Gasteiger partial charge on any atom is -0.483 e. The van der Waals surface area contributed by atoms with Crippen LogP contribution in [0.3, 0.4) is 0 Å². The molecule has 4 nitrogen and oxygen atoms in total. The molecule has 1 aliphatic heterocycles. The highest BCUT2D eigenvalue weighted by Gasteiger charge is 2.33. The van der Waals surface area contributed by atoms with E-state index in [1.165, 1.54) is 6.07 Å². The molecule has 0 aliphatic carbocycles. The molecule has 0 spiro atoms. The largest absolute Gasteiger partial charge is 0.483 e. The van der Waals surface area contributed by atoms with Gasteiger partial charge in [0.25, 0.3) is 0 Å². The van der Waals surface area contributed by atoms with Gasteiger partial charge in [0.15, 0.2) is 0 Å². The van der Waals surface area contributed by atoms with E-state index in [0.29, 0.717) is 0 Å². The van der Waals surface area contributed by atoms with Crippen LogP contribution in [0.15, 0.2) is 53.4 Å². The van der Waals surface area contributed by atoms with Crippen molar-refractivity contribution in [1.29, 1.82) is 0 Å². The standard InChI is InChI=1S/C15H14FNO3S/c1-10-15(11-5-3-2-4-6-11)20-13-9-12(16)7-8-14(13)21(18,19)17-10/h2-10,15,17H,1H3/t10-,15-/m0/s1. The van der Waals surface area contributed by atoms with Crippen LogP contribution >= 0.6 is 0 Å². The van der Waals surface area contributed by atoms with Crippen LogP contribution in [0, 0.1) is 5.82 Å². The molecule has 0 unspecified atom stereocenters. The summed E-state index contributed by atoms with van der Waals surface area (Å²) in [5.74, 6) is -0.508. The molecule has 0 amide bonds. The van der Waals surface area contributed by atoms with E-state index in [0.717, 1.165) is 17.7 Å². The van der Waals surface area contributed by atoms with Gasteiger partial charge in [-0.3, -0.25) is 0 Å². The van der Waals surface area contributed by atoms with E-state index in [9.17, 15) is 12.8 Å². The zero-order valence-corrected chi connectivity index (χ0v) is 12.1. The molecule has 0 saturated carbocycles. The van der Waals surface area contributed by atoms with Crippen LogP contribution < -0.4 is 9.46 Å². The van der Waals surface area contributed by atoms with Gasteiger partial charge >= 0.3 is 0 Å². The highest BCUT2D eigenvalue weighted by Crippen LogP contribution is 2.34. The first-order valence-electron chi connectivity index (χ1n) is 6.51. The summed E-state index contributed by atoms with van der Waals surface area (Å²) >= 11 is 0. The van der Waals surface area contributed by atoms with Crippen molar-refractivity contribution in [3.05, 3.63) is 59.9 Å². The molecular formula is C15H14FNO3S. The summed E-state index contributed by atoms with van der Waals surface area (Å²) in [7, 11) is -3.73. The fourth-order valence-electron chi connectivity index (χ4n) is 2.40. The third-order valence-corrected chi connectivity index (χ3v) is 4.97. The van der Waals surface area contributed by atoms with Crippen LogP contribution in [-0.2, 0) is 10.0 Å². The van der Waals surface area contributed by atoms with E-state index >= 15 is 0 Å². The van der Waals surface area contributed by atoms with Crippen LogP contribution in [0.25, 0.3) is 0 Å². The second-order valence-corrected chi connectivity index (χ2v) is 6.63. The van der Waals surface area contributed by atoms with E-state index in [4.69, 9.17) is 4.74 Å². The molecule has 2 atom stereocenters. The quantitative estimate of drug-likeness (QED) is 0.881. The summed E-state index contributed by atoms with van der Waals surface area (Å²) in [5.41, 5.74) is 0.824. The first-order valence-corrected chi connectivity index (χ1v) is 7.99. The zero-order valence-electron chi connectivity index (χ0n) is 11.3. The molecule has 0 aromatic heterocycles. The van der Waals surface area contributed by atoms with Crippen molar-refractivity contribution < 1.29 is 17.5 Å². The van der Waals surface area contributed by atoms with Gasteiger partial charge in [-0.25, -0.2) is 17.5 Å². The number of hydrogen-bond acceptors (Lipinski definition) is 3. The maximum Gasteiger partial charge on any atom is 0.244 e. The topological polar surface area (TPSA) is 55.4 Å². The summed E-state index contributed by atoms with van der Waals surface area (Å²) in [6.45, 7) is 1.72. The molecule has 21 heavy (non-hydrogen) atoms. The van der Waals surface area contributed by atoms with Gasteiger partial charge in [0.05, 0.1) is 6.04 Å². The fourth-order valence-corrected chi connectivity index (χ4v) is 3.76. The lowest BCUT2D eigenvalue weighted by molar-refractivity contribution is 0.173. The summed E-state index contributed by atoms with van der Waals surface area (Å²) in [5, 5.41) is 0. The van der Waals surface area contributed by atoms with Crippen molar-refractivity contribution in [2.24, 2.45) is 0 Å². The summed E-state index contributed by atoms with van der Waals surface area (Å²) < 4.78 is 46.3. The summed E-state index contributed by atoms with van der Waals surface area (Å²) in [6.07, 6.45) is -0.524. The van der Waals surface area contributed by atoms with Crippen molar-refractivity contribution in [2.45, 2.75) is 24.0 Å². The maximum absolute atomic E-state index is 13.4. The Morgan fingerprint density at radius 1 is 1.14 bits per heavy atom. The molecule has 2 aromatic carbocycles. The predicted molar refractivity (Wildman–Crippen MR) is 76.0 cm³/mol. The number of hydrogen-bond donors (Lipinski definition) is 1. The maximum atomic E-state index is 13.4. The van der Waals surface area contributed by atoms with Gasteiger partial charge in [-0.2, -0.15) is 0 Å². The van der Waals surface area contributed by atoms with E-state index in [1.54, 1.807) is 6.92 Å². The number of nitrogens with one attached hydrogen (secondary N) is 1. The lowest BCUT2D eigenvalue weighted by Gasteiger charge is -2.22. The molecule has 3 rings (SSSR count). The van der Waals surface area contributed by atoms with Gasteiger partial charge in [0.1, 0.15) is 22.6 Å². The molecule has 0 bridgehead atoms. The molecule has 0 fully saturated rings. The molecule has 0 radical (unpaired) electrons. The fraction of sp³-hybridized carbons (Fsp3) is 0.200. The number of halogens is 1. The van der Waals surface area contributed by atoms with Gasteiger partial charge in [0, 0.05) is 6.07 Å². The lowest BCUT2D eigenvalue weighted by atomic mass is 10.0. The molecule has 1 aliphatic rings. The molecule has 1 N–H and O–H groups in total. The Hall–Kier alpha value is -1.92. The molecule has 0 saturated heterocycles. The second kappa shape index (κ2) is 5.13. The van der Waals surface area contributed by atoms with Crippen LogP contribution in [0.1, 0.15) is 18.6 Å². The Morgan fingerprint density at radius 3 is 2.57 bits per heavy atom. The van der Waals surface area contributed by atoms with Gasteiger partial charge < -0.3 is 4.74 Å². The van der Waals surface area contributed by atoms with Gasteiger partial charge in [-0.15, -0.1) is 0 Å². The Kier molecular flexibility index (Phi) is 3.43. The predicted octanol–water partition coefficient (Wildman–Crippen LogP) is 2.63. The van der Waals surface area contributed by atoms with Crippen molar-refractivity contribution in [3.63, 3.8) is 0 Å². The second-order valence-electron chi connectivity index (χ2n) is 4.95. The van der Waals surface area contributed by atoms with Crippen molar-refractivity contribution in [3.8, 4) is 5.75 Å². The Morgan fingerprint density at radius 2 is 1.86 bits per heavy atom. The number of rotatable bonds is 1. The highest BCUT2D eigenvalue weighted by molar-refractivity contribution is 7.89. The molecule has 1 heterocycles. The zero-order chi connectivity index (χ0) is 15.0. The average Bonchev–Trinajstić information content (AvgIpc) is 2.53. The van der Waals surface area contributed by atoms with Crippen LogP contribution in [-0.4, -0.2) is 14.5 Å². The first-order chi connectivity index (χ1) is 9.97. The van der Waals surface area contributed by atoms with Crippen molar-refractivity contribution in [2.75, 3.05) is 0 Å². The van der Waals surface area contributed by atoms with E-state index < -0.39 is 28.0 Å². The van der Waals surface area contributed by atoms with Crippen LogP contribution in [0.5, 0.6) is 5.75 Å². The van der Waals surface area contributed by atoms with E-state index in [2.05, 4.69) is 4.72 Å². The van der Waals surface area contributed by atoms with Gasteiger partial charge in [-0.05, 0) is 24.6 Å². The molecule has 6 heteroatoms. The first kappa shape index (κ1) is 14.0. The SMILES string of the molecule is C[C@@H]1NS(=O)(=O)c2ccc(F)cc2O[C@@H]1c1ccccc1. The van der Waals surface area contributed by atoms with E-state index in [-0.39, 0.29) is 10.6 Å². The van der Waals surface area contributed by atoms with Gasteiger partial charge in [-0.1, -0.05) is 30.3 Å². The lowest BCUT2D eigenvalue weighted by Crippen LogP contribution is -2.36. The van der Waals surface area contributed by atoms with Crippen molar-refractivity contribution in [1.82, 2.24) is 4.72 Å². The van der Waals surface area contributed by atoms with Crippen LogP contribution in [0.2, 0.25) is 0 Å². The normalized spacial score (nSPS) is 23.7. The number of benzene rings is 2. The number of sulfonamides is 1. The Labute approximate surface area is 122 Å². The third kappa shape index (κ3) is 2.64. The molecule has 2 aromatic rings. The smallest absolute Gasteiger partial charge is 0.244 e.